The number of halogens is 1. The number of hydrogen-bond acceptors (Lipinski definition) is 4. The van der Waals surface area contributed by atoms with E-state index in [0.29, 0.717) is 35.7 Å². The summed E-state index contributed by atoms with van der Waals surface area (Å²) >= 11 is 0. The number of Topliss-reactive ketones (excluding diaryl/α,β-unsaturated/α-hetero) is 1. The lowest BCUT2D eigenvalue weighted by Crippen LogP contribution is -2.48. The molecule has 0 N–H and O–H groups in total. The van der Waals surface area contributed by atoms with E-state index in [0.717, 1.165) is 18.8 Å². The minimum Gasteiger partial charge on any atom is -0.457 e. The Labute approximate surface area is 180 Å². The summed E-state index contributed by atoms with van der Waals surface area (Å²) in [6, 6.07) is 17.4. The summed E-state index contributed by atoms with van der Waals surface area (Å²) in [6.45, 7) is 4.21. The van der Waals surface area contributed by atoms with Crippen LogP contribution < -0.4 is 4.90 Å². The maximum absolute atomic E-state index is 13.9. The summed E-state index contributed by atoms with van der Waals surface area (Å²) in [7, 11) is 0. The number of hydrogen-bond donors (Lipinski definition) is 0. The lowest BCUT2D eigenvalue weighted by atomic mass is 10.1. The average molecular weight is 418 g/mol. The summed E-state index contributed by atoms with van der Waals surface area (Å²) in [5.41, 5.74) is 2.13. The molecule has 1 amide bonds. The van der Waals surface area contributed by atoms with Crippen molar-refractivity contribution in [1.29, 1.82) is 0 Å². The standard InChI is InChI=1S/C25H23FN2O3/c1-18(29)19-6-8-20(9-7-19)27-14-16-28(17-15-27)25(30)13-11-21-10-12-24(31-21)22-4-2-3-5-23(22)26/h2-13H,14-17H2,1H3/b13-11+. The van der Waals surface area contributed by atoms with E-state index in [4.69, 9.17) is 4.42 Å². The van der Waals surface area contributed by atoms with Crippen molar-refractivity contribution < 1.29 is 18.4 Å². The first-order valence-electron chi connectivity index (χ1n) is 10.2. The predicted octanol–water partition coefficient (Wildman–Crippen LogP) is 4.65. The molecule has 0 bridgehead atoms. The third-order valence-corrected chi connectivity index (χ3v) is 5.39. The summed E-state index contributed by atoms with van der Waals surface area (Å²) < 4.78 is 19.6. The molecular formula is C25H23FN2O3. The molecule has 5 nitrogen and oxygen atoms in total. The molecule has 2 heterocycles. The molecule has 4 rings (SSSR count). The number of ketones is 1. The molecule has 0 saturated carbocycles. The van der Waals surface area contributed by atoms with Gasteiger partial charge in [-0.3, -0.25) is 9.59 Å². The van der Waals surface area contributed by atoms with Gasteiger partial charge in [-0.1, -0.05) is 12.1 Å². The largest absolute Gasteiger partial charge is 0.457 e. The van der Waals surface area contributed by atoms with Gasteiger partial charge in [-0.2, -0.15) is 0 Å². The van der Waals surface area contributed by atoms with Gasteiger partial charge >= 0.3 is 0 Å². The highest BCUT2D eigenvalue weighted by Crippen LogP contribution is 2.25. The zero-order valence-corrected chi connectivity index (χ0v) is 17.3. The van der Waals surface area contributed by atoms with E-state index < -0.39 is 0 Å². The third-order valence-electron chi connectivity index (χ3n) is 5.39. The molecular weight excluding hydrogens is 395 g/mol. The first-order valence-corrected chi connectivity index (χ1v) is 10.2. The maximum Gasteiger partial charge on any atom is 0.246 e. The number of anilines is 1. The topological polar surface area (TPSA) is 53.8 Å². The highest BCUT2D eigenvalue weighted by atomic mass is 19.1. The van der Waals surface area contributed by atoms with Crippen LogP contribution >= 0.6 is 0 Å². The molecule has 0 unspecified atom stereocenters. The number of amides is 1. The Kier molecular flexibility index (Phi) is 5.98. The second kappa shape index (κ2) is 9.00. The van der Waals surface area contributed by atoms with Crippen LogP contribution in [0.25, 0.3) is 17.4 Å². The molecule has 1 saturated heterocycles. The van der Waals surface area contributed by atoms with Gasteiger partial charge < -0.3 is 14.2 Å². The van der Waals surface area contributed by atoms with Gasteiger partial charge in [-0.15, -0.1) is 0 Å². The highest BCUT2D eigenvalue weighted by molar-refractivity contribution is 5.94. The van der Waals surface area contributed by atoms with Gasteiger partial charge in [0.25, 0.3) is 0 Å². The first kappa shape index (κ1) is 20.6. The molecule has 3 aromatic rings. The van der Waals surface area contributed by atoms with Crippen LogP contribution in [0.3, 0.4) is 0 Å². The molecule has 1 aliphatic rings. The molecule has 2 aromatic carbocycles. The van der Waals surface area contributed by atoms with E-state index in [1.165, 1.54) is 12.1 Å². The number of rotatable bonds is 5. The van der Waals surface area contributed by atoms with Gasteiger partial charge in [-0.05, 0) is 61.5 Å². The SMILES string of the molecule is CC(=O)c1ccc(N2CCN(C(=O)/C=C/c3ccc(-c4ccccc4F)o3)CC2)cc1. The fourth-order valence-corrected chi connectivity index (χ4v) is 3.60. The van der Waals surface area contributed by atoms with Crippen LogP contribution in [0.5, 0.6) is 0 Å². The average Bonchev–Trinajstić information content (AvgIpc) is 3.27. The molecule has 1 aliphatic heterocycles. The van der Waals surface area contributed by atoms with Gasteiger partial charge in [0.05, 0.1) is 5.56 Å². The van der Waals surface area contributed by atoms with Crippen LogP contribution in [0.1, 0.15) is 23.0 Å². The summed E-state index contributed by atoms with van der Waals surface area (Å²) in [4.78, 5) is 28.0. The van der Waals surface area contributed by atoms with Crippen molar-refractivity contribution in [3.8, 4) is 11.3 Å². The van der Waals surface area contributed by atoms with Gasteiger partial charge in [0.2, 0.25) is 5.91 Å². The quantitative estimate of drug-likeness (QED) is 0.447. The third kappa shape index (κ3) is 4.74. The van der Waals surface area contributed by atoms with Gasteiger partial charge in [-0.25, -0.2) is 4.39 Å². The number of benzene rings is 2. The van der Waals surface area contributed by atoms with E-state index in [2.05, 4.69) is 4.90 Å². The summed E-state index contributed by atoms with van der Waals surface area (Å²) in [6.07, 6.45) is 3.10. The Balaban J connectivity index is 1.33. The molecule has 0 radical (unpaired) electrons. The van der Waals surface area contributed by atoms with Crippen LogP contribution in [0.2, 0.25) is 0 Å². The highest BCUT2D eigenvalue weighted by Gasteiger charge is 2.20. The number of nitrogens with zero attached hydrogens (tertiary/aromatic N) is 2. The number of furan rings is 1. The fourth-order valence-electron chi connectivity index (χ4n) is 3.60. The van der Waals surface area contributed by atoms with Crippen molar-refractivity contribution in [2.24, 2.45) is 0 Å². The molecule has 0 aliphatic carbocycles. The van der Waals surface area contributed by atoms with E-state index in [-0.39, 0.29) is 17.5 Å². The van der Waals surface area contributed by atoms with Crippen LogP contribution in [0.4, 0.5) is 10.1 Å². The zero-order chi connectivity index (χ0) is 21.8. The Hall–Kier alpha value is -3.67. The maximum atomic E-state index is 13.9. The fraction of sp³-hybridized carbons (Fsp3) is 0.200. The smallest absolute Gasteiger partial charge is 0.246 e. The first-order chi connectivity index (χ1) is 15.0. The van der Waals surface area contributed by atoms with Gasteiger partial charge in [0.1, 0.15) is 17.3 Å². The Morgan fingerprint density at radius 3 is 2.32 bits per heavy atom. The van der Waals surface area contributed by atoms with E-state index in [1.807, 2.05) is 24.3 Å². The summed E-state index contributed by atoms with van der Waals surface area (Å²) in [5, 5.41) is 0. The minimum absolute atomic E-state index is 0.0475. The number of carbonyl (C=O) groups excluding carboxylic acids is 2. The molecule has 31 heavy (non-hydrogen) atoms. The zero-order valence-electron chi connectivity index (χ0n) is 17.3. The van der Waals surface area contributed by atoms with Crippen molar-refractivity contribution in [2.75, 3.05) is 31.1 Å². The monoisotopic (exact) mass is 418 g/mol. The van der Waals surface area contributed by atoms with Gasteiger partial charge in [0.15, 0.2) is 5.78 Å². The lowest BCUT2D eigenvalue weighted by Gasteiger charge is -2.35. The van der Waals surface area contributed by atoms with E-state index in [1.54, 1.807) is 48.2 Å². The molecule has 158 valence electrons. The number of piperazine rings is 1. The van der Waals surface area contributed by atoms with Crippen LogP contribution in [-0.4, -0.2) is 42.8 Å². The van der Waals surface area contributed by atoms with Crippen molar-refractivity contribution in [3.63, 3.8) is 0 Å². The van der Waals surface area contributed by atoms with Crippen molar-refractivity contribution in [1.82, 2.24) is 4.90 Å². The van der Waals surface area contributed by atoms with E-state index >= 15 is 0 Å². The number of carbonyl (C=O) groups is 2. The van der Waals surface area contributed by atoms with Gasteiger partial charge in [0, 0.05) is 43.5 Å². The van der Waals surface area contributed by atoms with Crippen LogP contribution in [0, 0.1) is 5.82 Å². The van der Waals surface area contributed by atoms with Crippen LogP contribution in [-0.2, 0) is 4.79 Å². The van der Waals surface area contributed by atoms with E-state index in [9.17, 15) is 14.0 Å². The predicted molar refractivity (Wildman–Crippen MR) is 118 cm³/mol. The molecule has 1 fully saturated rings. The molecule has 0 spiro atoms. The normalized spacial score (nSPS) is 14.3. The summed E-state index contributed by atoms with van der Waals surface area (Å²) in [5.74, 6) is 0.532. The van der Waals surface area contributed by atoms with Crippen molar-refractivity contribution in [3.05, 3.63) is 83.9 Å². The molecule has 0 atom stereocenters. The van der Waals surface area contributed by atoms with Crippen molar-refractivity contribution >= 4 is 23.5 Å². The molecule has 1 aromatic heterocycles. The molecule has 6 heteroatoms. The lowest BCUT2D eigenvalue weighted by molar-refractivity contribution is -0.126. The Bertz CT molecular complexity index is 1110. The Morgan fingerprint density at radius 1 is 0.935 bits per heavy atom. The minimum atomic E-state index is -0.350. The second-order valence-electron chi connectivity index (χ2n) is 7.43. The second-order valence-corrected chi connectivity index (χ2v) is 7.43. The van der Waals surface area contributed by atoms with Crippen molar-refractivity contribution in [2.45, 2.75) is 6.92 Å². The van der Waals surface area contributed by atoms with Crippen LogP contribution in [0.15, 0.2) is 71.2 Å². The Morgan fingerprint density at radius 2 is 1.65 bits per heavy atom.